The average Bonchev–Trinajstić information content (AvgIpc) is 3.41. The predicted molar refractivity (Wildman–Crippen MR) is 149 cm³/mol. The Balaban J connectivity index is 2.12. The Labute approximate surface area is 236 Å². The van der Waals surface area contributed by atoms with Crippen LogP contribution in [0.25, 0.3) is 0 Å². The number of esters is 2. The highest BCUT2D eigenvalue weighted by atomic mass is 16.6. The Kier molecular flexibility index (Phi) is 14.4. The minimum absolute atomic E-state index is 0.00262. The van der Waals surface area contributed by atoms with Gasteiger partial charge in [-0.05, 0) is 44.6 Å². The van der Waals surface area contributed by atoms with Gasteiger partial charge in [-0.2, -0.15) is 0 Å². The molecule has 1 N–H and O–H groups in total. The molecule has 1 saturated heterocycles. The van der Waals surface area contributed by atoms with Gasteiger partial charge in [0.1, 0.15) is 13.2 Å². The Morgan fingerprint density at radius 2 is 1.85 bits per heavy atom. The summed E-state index contributed by atoms with van der Waals surface area (Å²) in [5.74, 6) is -0.284. The van der Waals surface area contributed by atoms with Crippen LogP contribution in [0, 0.1) is 0 Å². The smallest absolute Gasteiger partial charge is 0.411 e. The van der Waals surface area contributed by atoms with Crippen molar-refractivity contribution in [1.82, 2.24) is 4.90 Å². The second kappa shape index (κ2) is 17.8. The van der Waals surface area contributed by atoms with Crippen LogP contribution in [0.3, 0.4) is 0 Å². The molecule has 2 rings (SSSR count). The van der Waals surface area contributed by atoms with Gasteiger partial charge in [0.05, 0.1) is 37.6 Å². The number of hydrogen-bond acceptors (Lipinski definition) is 9. The quantitative estimate of drug-likeness (QED) is 0.122. The Bertz CT molecular complexity index is 1010. The molecular formula is C29H42N2O9. The van der Waals surface area contributed by atoms with Gasteiger partial charge < -0.3 is 28.6 Å². The summed E-state index contributed by atoms with van der Waals surface area (Å²) >= 11 is 0. The van der Waals surface area contributed by atoms with Crippen LogP contribution in [0.4, 0.5) is 10.5 Å². The number of carbonyl (C=O) groups is 4. The summed E-state index contributed by atoms with van der Waals surface area (Å²) in [6, 6.07) is 2.78. The lowest BCUT2D eigenvalue weighted by atomic mass is 10.1. The van der Waals surface area contributed by atoms with Crippen LogP contribution < -0.4 is 14.8 Å². The molecule has 0 aromatic heterocycles. The third kappa shape index (κ3) is 10.8. The summed E-state index contributed by atoms with van der Waals surface area (Å²) in [4.78, 5) is 50.7. The van der Waals surface area contributed by atoms with E-state index in [0.717, 1.165) is 25.7 Å². The van der Waals surface area contributed by atoms with Crippen molar-refractivity contribution in [2.75, 3.05) is 45.4 Å². The molecule has 1 aromatic rings. The second-order valence-corrected chi connectivity index (χ2v) is 9.39. The van der Waals surface area contributed by atoms with Gasteiger partial charge in [-0.1, -0.05) is 26.0 Å². The topological polar surface area (TPSA) is 130 Å². The van der Waals surface area contributed by atoms with Gasteiger partial charge in [0.2, 0.25) is 0 Å². The minimum atomic E-state index is -0.756. The highest BCUT2D eigenvalue weighted by Gasteiger charge is 2.32. The zero-order valence-corrected chi connectivity index (χ0v) is 23.8. The van der Waals surface area contributed by atoms with Gasteiger partial charge in [-0.3, -0.25) is 19.7 Å². The second-order valence-electron chi connectivity index (χ2n) is 9.39. The normalized spacial score (nSPS) is 14.3. The van der Waals surface area contributed by atoms with E-state index in [9.17, 15) is 19.2 Å². The van der Waals surface area contributed by atoms with Crippen LogP contribution in [0.15, 0.2) is 24.8 Å². The first-order chi connectivity index (χ1) is 19.3. The number of amides is 2. The third-order valence-electron chi connectivity index (χ3n) is 6.26. The molecule has 0 aliphatic carbocycles. The number of anilines is 1. The van der Waals surface area contributed by atoms with Crippen molar-refractivity contribution in [3.05, 3.63) is 30.4 Å². The van der Waals surface area contributed by atoms with E-state index in [-0.39, 0.29) is 42.4 Å². The first-order valence-electron chi connectivity index (χ1n) is 13.8. The van der Waals surface area contributed by atoms with Crippen molar-refractivity contribution in [2.24, 2.45) is 0 Å². The maximum atomic E-state index is 13.6. The van der Waals surface area contributed by atoms with Gasteiger partial charge >= 0.3 is 18.0 Å². The first-order valence-corrected chi connectivity index (χ1v) is 13.8. The maximum absolute atomic E-state index is 13.6. The average molecular weight is 563 g/mol. The summed E-state index contributed by atoms with van der Waals surface area (Å²) in [6.45, 7) is 8.27. The summed E-state index contributed by atoms with van der Waals surface area (Å²) < 4.78 is 26.8. The molecule has 2 amide bonds. The van der Waals surface area contributed by atoms with Gasteiger partial charge in [0, 0.05) is 26.0 Å². The van der Waals surface area contributed by atoms with Crippen LogP contribution >= 0.6 is 0 Å². The maximum Gasteiger partial charge on any atom is 0.411 e. The van der Waals surface area contributed by atoms with Crippen LogP contribution in [0.1, 0.15) is 75.6 Å². The van der Waals surface area contributed by atoms with E-state index in [1.165, 1.54) is 32.2 Å². The van der Waals surface area contributed by atoms with E-state index in [1.807, 2.05) is 6.92 Å². The molecule has 11 heteroatoms. The van der Waals surface area contributed by atoms with E-state index in [0.29, 0.717) is 56.9 Å². The van der Waals surface area contributed by atoms with Crippen molar-refractivity contribution in [3.8, 4) is 11.5 Å². The Morgan fingerprint density at radius 3 is 2.55 bits per heavy atom. The SMILES string of the molecule is C=CCOC(=O)Nc1cc(OCCCCCC(=O)OCCCC)c(OC)cc1C(=O)N1CCC[C@H]1COC(C)=O. The number of unbranched alkanes of at least 4 members (excludes halogenated alkanes) is 3. The number of rotatable bonds is 17. The Hall–Kier alpha value is -3.76. The van der Waals surface area contributed by atoms with Crippen LogP contribution in [0.5, 0.6) is 11.5 Å². The molecule has 0 unspecified atom stereocenters. The molecule has 1 aliphatic rings. The van der Waals surface area contributed by atoms with E-state index in [4.69, 9.17) is 23.7 Å². The molecule has 1 heterocycles. The van der Waals surface area contributed by atoms with Crippen molar-refractivity contribution >= 4 is 29.6 Å². The summed E-state index contributed by atoms with van der Waals surface area (Å²) in [7, 11) is 1.46. The fourth-order valence-corrected chi connectivity index (χ4v) is 4.17. The lowest BCUT2D eigenvalue weighted by Crippen LogP contribution is -2.39. The number of nitrogens with one attached hydrogen (secondary N) is 1. The Morgan fingerprint density at radius 1 is 1.05 bits per heavy atom. The molecular weight excluding hydrogens is 520 g/mol. The molecule has 0 saturated carbocycles. The van der Waals surface area contributed by atoms with Crippen molar-refractivity contribution < 1.29 is 42.9 Å². The standard InChI is InChI=1S/C29H42N2O9/c1-5-7-16-38-27(33)13-9-8-10-17-37-26-19-24(30-29(35)39-15-6-2)23(18-25(26)36-4)28(34)31-14-11-12-22(31)20-40-21(3)32/h6,18-19,22H,2,5,7-17,20H2,1,3-4H3,(H,30,35)/t22-/m0/s1. The monoisotopic (exact) mass is 562 g/mol. The first kappa shape index (κ1) is 32.5. The van der Waals surface area contributed by atoms with E-state index in [1.54, 1.807) is 4.90 Å². The molecule has 0 spiro atoms. The molecule has 0 radical (unpaired) electrons. The highest BCUT2D eigenvalue weighted by molar-refractivity contribution is 6.03. The zero-order valence-electron chi connectivity index (χ0n) is 23.8. The lowest BCUT2D eigenvalue weighted by Gasteiger charge is -2.26. The molecule has 1 aliphatic heterocycles. The van der Waals surface area contributed by atoms with Crippen LogP contribution in [0.2, 0.25) is 0 Å². The summed E-state index contributed by atoms with van der Waals surface area (Å²) in [5.41, 5.74) is 0.388. The predicted octanol–water partition coefficient (Wildman–Crippen LogP) is 4.88. The molecule has 1 atom stereocenters. The van der Waals surface area contributed by atoms with Crippen LogP contribution in [-0.4, -0.2) is 75.0 Å². The summed E-state index contributed by atoms with van der Waals surface area (Å²) in [6.07, 6.45) is 6.46. The molecule has 11 nitrogen and oxygen atoms in total. The molecule has 40 heavy (non-hydrogen) atoms. The van der Waals surface area contributed by atoms with Crippen LogP contribution in [-0.2, 0) is 23.8 Å². The number of methoxy groups -OCH3 is 1. The van der Waals surface area contributed by atoms with E-state index >= 15 is 0 Å². The number of likely N-dealkylation sites (tertiary alicyclic amines) is 1. The van der Waals surface area contributed by atoms with Crippen molar-refractivity contribution in [1.29, 1.82) is 0 Å². The fraction of sp³-hybridized carbons (Fsp3) is 0.586. The van der Waals surface area contributed by atoms with Crippen molar-refractivity contribution in [2.45, 2.75) is 71.3 Å². The third-order valence-corrected chi connectivity index (χ3v) is 6.26. The molecule has 0 bridgehead atoms. The van der Waals surface area contributed by atoms with Crippen molar-refractivity contribution in [3.63, 3.8) is 0 Å². The molecule has 222 valence electrons. The molecule has 1 fully saturated rings. The van der Waals surface area contributed by atoms with Gasteiger partial charge in [-0.25, -0.2) is 4.79 Å². The lowest BCUT2D eigenvalue weighted by molar-refractivity contribution is -0.144. The summed E-state index contributed by atoms with van der Waals surface area (Å²) in [5, 5.41) is 2.62. The number of carbonyl (C=O) groups excluding carboxylic acids is 4. The van der Waals surface area contributed by atoms with Gasteiger partial charge in [0.25, 0.3) is 5.91 Å². The highest BCUT2D eigenvalue weighted by Crippen LogP contribution is 2.36. The van der Waals surface area contributed by atoms with Gasteiger partial charge in [-0.15, -0.1) is 0 Å². The number of hydrogen-bond donors (Lipinski definition) is 1. The number of nitrogens with zero attached hydrogens (tertiary/aromatic N) is 1. The zero-order chi connectivity index (χ0) is 29.3. The van der Waals surface area contributed by atoms with Gasteiger partial charge in [0.15, 0.2) is 11.5 Å². The number of ether oxygens (including phenoxy) is 5. The van der Waals surface area contributed by atoms with E-state index in [2.05, 4.69) is 11.9 Å². The largest absolute Gasteiger partial charge is 0.493 e. The number of benzene rings is 1. The minimum Gasteiger partial charge on any atom is -0.493 e. The fourth-order valence-electron chi connectivity index (χ4n) is 4.17. The molecule has 1 aromatic carbocycles. The van der Waals surface area contributed by atoms with E-state index < -0.39 is 12.1 Å².